The van der Waals surface area contributed by atoms with Gasteiger partial charge in [-0.2, -0.15) is 0 Å². The topological polar surface area (TPSA) is 99.1 Å². The largest absolute Gasteiger partial charge is 0.480 e. The summed E-state index contributed by atoms with van der Waals surface area (Å²) in [6, 6.07) is -0.379. The lowest BCUT2D eigenvalue weighted by atomic mass is 9.82. The van der Waals surface area contributed by atoms with E-state index in [1.165, 1.54) is 4.90 Å². The van der Waals surface area contributed by atoms with Gasteiger partial charge in [0, 0.05) is 39.6 Å². The number of aliphatic hydroxyl groups is 1. The Bertz CT molecular complexity index is 375. The van der Waals surface area contributed by atoms with Gasteiger partial charge in [0.25, 0.3) is 0 Å². The second kappa shape index (κ2) is 5.97. The Kier molecular flexibility index (Phi) is 4.49. The van der Waals surface area contributed by atoms with E-state index in [0.29, 0.717) is 38.5 Å². The Morgan fingerprint density at radius 2 is 1.95 bits per heavy atom. The Morgan fingerprint density at radius 3 is 2.45 bits per heavy atom. The monoisotopic (exact) mass is 286 g/mol. The van der Waals surface area contributed by atoms with E-state index in [4.69, 9.17) is 4.74 Å². The average Bonchev–Trinajstić information content (AvgIpc) is 2.37. The Labute approximate surface area is 117 Å². The molecule has 0 atom stereocenters. The van der Waals surface area contributed by atoms with E-state index in [1.807, 2.05) is 0 Å². The van der Waals surface area contributed by atoms with Crippen molar-refractivity contribution in [2.45, 2.75) is 37.3 Å². The molecule has 1 saturated carbocycles. The van der Waals surface area contributed by atoms with Crippen LogP contribution in [0.2, 0.25) is 0 Å². The molecule has 0 aromatic heterocycles. The molecule has 0 aromatic rings. The summed E-state index contributed by atoms with van der Waals surface area (Å²) in [6.07, 6.45) is 1.72. The first-order valence-corrected chi connectivity index (χ1v) is 6.95. The van der Waals surface area contributed by atoms with Gasteiger partial charge in [0.15, 0.2) is 0 Å². The second-order valence-corrected chi connectivity index (χ2v) is 5.80. The molecule has 1 aliphatic heterocycles. The molecule has 20 heavy (non-hydrogen) atoms. The number of hydrogen-bond acceptors (Lipinski definition) is 4. The lowest BCUT2D eigenvalue weighted by Crippen LogP contribution is -2.60. The van der Waals surface area contributed by atoms with Crippen LogP contribution in [0.15, 0.2) is 0 Å². The molecule has 7 heteroatoms. The lowest BCUT2D eigenvalue weighted by molar-refractivity contribution is -0.148. The van der Waals surface area contributed by atoms with Gasteiger partial charge in [0.2, 0.25) is 0 Å². The van der Waals surface area contributed by atoms with Gasteiger partial charge in [-0.25, -0.2) is 9.59 Å². The molecule has 1 heterocycles. The van der Waals surface area contributed by atoms with Crippen LogP contribution in [0.1, 0.15) is 25.7 Å². The van der Waals surface area contributed by atoms with Crippen LogP contribution >= 0.6 is 0 Å². The van der Waals surface area contributed by atoms with Crippen molar-refractivity contribution >= 4 is 12.0 Å². The van der Waals surface area contributed by atoms with Crippen LogP contribution in [0.5, 0.6) is 0 Å². The molecule has 2 fully saturated rings. The normalized spacial score (nSPS) is 28.3. The summed E-state index contributed by atoms with van der Waals surface area (Å²) in [7, 11) is 1.65. The van der Waals surface area contributed by atoms with Crippen molar-refractivity contribution in [3.63, 3.8) is 0 Å². The number of carbonyl (C=O) groups is 2. The fourth-order valence-corrected chi connectivity index (χ4v) is 2.73. The molecule has 2 rings (SSSR count). The molecule has 1 saturated heterocycles. The number of rotatable bonds is 4. The van der Waals surface area contributed by atoms with E-state index in [1.54, 1.807) is 7.05 Å². The molecule has 2 aliphatic rings. The summed E-state index contributed by atoms with van der Waals surface area (Å²) in [5.74, 6) is -0.710. The van der Waals surface area contributed by atoms with E-state index in [-0.39, 0.29) is 25.0 Å². The highest BCUT2D eigenvalue weighted by Gasteiger charge is 2.42. The number of hydrogen-bond donors (Lipinski definition) is 3. The molecule has 0 unspecified atom stereocenters. The highest BCUT2D eigenvalue weighted by molar-refractivity contribution is 5.86. The average molecular weight is 286 g/mol. The number of carbonyl (C=O) groups excluding carboxylic acids is 1. The van der Waals surface area contributed by atoms with Crippen LogP contribution in [-0.2, 0) is 9.53 Å². The molecule has 1 aliphatic carbocycles. The molecule has 114 valence electrons. The van der Waals surface area contributed by atoms with Gasteiger partial charge in [-0.3, -0.25) is 0 Å². The molecule has 7 nitrogen and oxygen atoms in total. The van der Waals surface area contributed by atoms with Gasteiger partial charge in [-0.15, -0.1) is 0 Å². The number of ether oxygens (including phenoxy) is 1. The first-order valence-electron chi connectivity index (χ1n) is 6.95. The minimum absolute atomic E-state index is 0.252. The van der Waals surface area contributed by atoms with Crippen LogP contribution in [-0.4, -0.2) is 65.6 Å². The van der Waals surface area contributed by atoms with Crippen molar-refractivity contribution in [2.24, 2.45) is 5.92 Å². The smallest absolute Gasteiger partial charge is 0.329 e. The van der Waals surface area contributed by atoms with E-state index in [0.717, 1.165) is 0 Å². The van der Waals surface area contributed by atoms with E-state index >= 15 is 0 Å². The lowest BCUT2D eigenvalue weighted by Gasteiger charge is -2.37. The summed E-state index contributed by atoms with van der Waals surface area (Å²) in [5, 5.41) is 21.2. The van der Waals surface area contributed by atoms with Crippen molar-refractivity contribution in [3.8, 4) is 0 Å². The summed E-state index contributed by atoms with van der Waals surface area (Å²) < 4.78 is 5.16. The third kappa shape index (κ3) is 3.21. The van der Waals surface area contributed by atoms with Crippen molar-refractivity contribution in [1.82, 2.24) is 10.2 Å². The van der Waals surface area contributed by atoms with E-state index in [2.05, 4.69) is 5.32 Å². The summed E-state index contributed by atoms with van der Waals surface area (Å²) in [5.41, 5.74) is -1.22. The van der Waals surface area contributed by atoms with Gasteiger partial charge < -0.3 is 25.2 Å². The number of nitrogens with zero attached hydrogens (tertiary/aromatic N) is 1. The molecule has 3 N–H and O–H groups in total. The SMILES string of the molecule is CN(CC1CC(O)C1)C(=O)NC1(C(=O)O)CCOCC1. The predicted molar refractivity (Wildman–Crippen MR) is 70.3 cm³/mol. The number of carboxylic acid groups (broad SMARTS) is 1. The number of aliphatic hydroxyl groups excluding tert-OH is 1. The Balaban J connectivity index is 1.89. The maximum Gasteiger partial charge on any atom is 0.329 e. The summed E-state index contributed by atoms with van der Waals surface area (Å²) in [6.45, 7) is 1.21. The van der Waals surface area contributed by atoms with Crippen molar-refractivity contribution < 1.29 is 24.5 Å². The molecule has 0 bridgehead atoms. The summed E-state index contributed by atoms with van der Waals surface area (Å²) >= 11 is 0. The number of urea groups is 1. The van der Waals surface area contributed by atoms with Crippen LogP contribution < -0.4 is 5.32 Å². The minimum atomic E-state index is -1.22. The first kappa shape index (κ1) is 15.1. The zero-order valence-corrected chi connectivity index (χ0v) is 11.7. The maximum atomic E-state index is 12.1. The number of carboxylic acids is 1. The zero-order valence-electron chi connectivity index (χ0n) is 11.7. The van der Waals surface area contributed by atoms with E-state index in [9.17, 15) is 19.8 Å². The second-order valence-electron chi connectivity index (χ2n) is 5.80. The van der Waals surface area contributed by atoms with Gasteiger partial charge in [-0.1, -0.05) is 0 Å². The number of aliphatic carboxylic acids is 1. The van der Waals surface area contributed by atoms with Gasteiger partial charge >= 0.3 is 12.0 Å². The molecular weight excluding hydrogens is 264 g/mol. The van der Waals surface area contributed by atoms with Crippen molar-refractivity contribution in [2.75, 3.05) is 26.8 Å². The van der Waals surface area contributed by atoms with E-state index < -0.39 is 11.5 Å². The molecular formula is C13H22N2O5. The molecule has 0 aromatic carbocycles. The van der Waals surface area contributed by atoms with Crippen LogP contribution in [0.3, 0.4) is 0 Å². The molecule has 0 radical (unpaired) electrons. The van der Waals surface area contributed by atoms with Crippen LogP contribution in [0.4, 0.5) is 4.79 Å². The van der Waals surface area contributed by atoms with Gasteiger partial charge in [0.1, 0.15) is 5.54 Å². The highest BCUT2D eigenvalue weighted by atomic mass is 16.5. The van der Waals surface area contributed by atoms with Crippen LogP contribution in [0.25, 0.3) is 0 Å². The predicted octanol–water partition coefficient (Wildman–Crippen LogP) is 0.0325. The quantitative estimate of drug-likeness (QED) is 0.677. The number of nitrogens with one attached hydrogen (secondary N) is 1. The molecule has 0 spiro atoms. The third-order valence-corrected chi connectivity index (χ3v) is 4.19. The third-order valence-electron chi connectivity index (χ3n) is 4.19. The van der Waals surface area contributed by atoms with Crippen molar-refractivity contribution in [1.29, 1.82) is 0 Å². The van der Waals surface area contributed by atoms with Crippen LogP contribution in [0, 0.1) is 5.92 Å². The number of amides is 2. The summed E-state index contributed by atoms with van der Waals surface area (Å²) in [4.78, 5) is 25.1. The van der Waals surface area contributed by atoms with Crippen molar-refractivity contribution in [3.05, 3.63) is 0 Å². The molecule has 2 amide bonds. The zero-order chi connectivity index (χ0) is 14.8. The van der Waals surface area contributed by atoms with Gasteiger partial charge in [-0.05, 0) is 18.8 Å². The first-order chi connectivity index (χ1) is 9.43. The fourth-order valence-electron chi connectivity index (χ4n) is 2.73. The Hall–Kier alpha value is -1.34. The Morgan fingerprint density at radius 1 is 1.35 bits per heavy atom. The van der Waals surface area contributed by atoms with Gasteiger partial charge in [0.05, 0.1) is 6.10 Å². The fraction of sp³-hybridized carbons (Fsp3) is 0.846. The standard InChI is InChI=1S/C13H22N2O5/c1-15(8-9-6-10(16)7-9)12(19)14-13(11(17)18)2-4-20-5-3-13/h9-10,16H,2-8H2,1H3,(H,14,19)(H,17,18). The maximum absolute atomic E-state index is 12.1. The highest BCUT2D eigenvalue weighted by Crippen LogP contribution is 2.28. The minimum Gasteiger partial charge on any atom is -0.480 e.